The van der Waals surface area contributed by atoms with Crippen molar-refractivity contribution in [1.82, 2.24) is 4.90 Å². The van der Waals surface area contributed by atoms with Gasteiger partial charge >= 0.3 is 0 Å². The van der Waals surface area contributed by atoms with Crippen LogP contribution in [0.5, 0.6) is 0 Å². The van der Waals surface area contributed by atoms with Gasteiger partial charge in [0.15, 0.2) is 0 Å². The molecule has 0 rings (SSSR count). The van der Waals surface area contributed by atoms with Gasteiger partial charge in [0.1, 0.15) is 0 Å². The first-order chi connectivity index (χ1) is 7.20. The lowest BCUT2D eigenvalue weighted by molar-refractivity contribution is 0.290. The molecule has 0 fully saturated rings. The molecular weight excluding hydrogens is 182 g/mol. The van der Waals surface area contributed by atoms with Crippen molar-refractivity contribution in [2.75, 3.05) is 20.6 Å². The zero-order valence-corrected chi connectivity index (χ0v) is 12.0. The van der Waals surface area contributed by atoms with Crippen LogP contribution in [-0.2, 0) is 0 Å². The average Bonchev–Trinajstić information content (AvgIpc) is 2.24. The van der Waals surface area contributed by atoms with E-state index in [2.05, 4.69) is 32.8 Å². The molecule has 0 aromatic carbocycles. The molecule has 0 heterocycles. The van der Waals surface area contributed by atoms with Crippen molar-refractivity contribution in [3.63, 3.8) is 0 Å². The fraction of sp³-hybridized carbons (Fsp3) is 1.00. The summed E-state index contributed by atoms with van der Waals surface area (Å²) in [5.41, 5.74) is 0. The quantitative estimate of drug-likeness (QED) is 0.573. The Hall–Kier alpha value is -0.0400. The summed E-state index contributed by atoms with van der Waals surface area (Å²) in [5, 5.41) is 0. The Labute approximate surface area is 98.2 Å². The van der Waals surface area contributed by atoms with E-state index in [-0.39, 0.29) is 0 Å². The van der Waals surface area contributed by atoms with E-state index in [0.717, 1.165) is 5.92 Å². The van der Waals surface area contributed by atoms with Crippen LogP contribution in [0, 0.1) is 5.92 Å². The maximum atomic E-state index is 2.33. The van der Waals surface area contributed by atoms with Crippen LogP contribution in [0.2, 0.25) is 0 Å². The average molecular weight is 215 g/mol. The predicted octanol–water partition coefficient (Wildman–Crippen LogP) is 4.57. The van der Waals surface area contributed by atoms with Crippen molar-refractivity contribution in [1.29, 1.82) is 0 Å². The summed E-state index contributed by atoms with van der Waals surface area (Å²) in [4.78, 5) is 2.33. The second-order valence-corrected chi connectivity index (χ2v) is 4.41. The summed E-state index contributed by atoms with van der Waals surface area (Å²) < 4.78 is 0. The minimum Gasteiger partial charge on any atom is -0.309 e. The van der Waals surface area contributed by atoms with E-state index >= 15 is 0 Å². The fourth-order valence-corrected chi connectivity index (χ4v) is 1.83. The van der Waals surface area contributed by atoms with Crippen molar-refractivity contribution in [3.05, 3.63) is 0 Å². The normalized spacial score (nSPS) is 10.4. The molecule has 94 valence electrons. The van der Waals surface area contributed by atoms with E-state index in [1.807, 2.05) is 13.8 Å². The summed E-state index contributed by atoms with van der Waals surface area (Å²) in [6, 6.07) is 0. The molecular formula is C14H33N. The van der Waals surface area contributed by atoms with Crippen molar-refractivity contribution < 1.29 is 0 Å². The van der Waals surface area contributed by atoms with Crippen LogP contribution in [0.3, 0.4) is 0 Å². The fourth-order valence-electron chi connectivity index (χ4n) is 1.83. The van der Waals surface area contributed by atoms with Gasteiger partial charge in [-0.1, -0.05) is 53.4 Å². The Balaban J connectivity index is 0. The molecule has 0 aliphatic carbocycles. The Kier molecular flexibility index (Phi) is 16.2. The highest BCUT2D eigenvalue weighted by atomic mass is 15.1. The van der Waals surface area contributed by atoms with Crippen molar-refractivity contribution in [3.8, 4) is 0 Å². The van der Waals surface area contributed by atoms with Gasteiger partial charge in [-0.2, -0.15) is 0 Å². The molecule has 1 heteroatoms. The zero-order chi connectivity index (χ0) is 12.1. The van der Waals surface area contributed by atoms with E-state index in [9.17, 15) is 0 Å². The minimum absolute atomic E-state index is 0.940. The lowest BCUT2D eigenvalue weighted by atomic mass is 9.96. The van der Waals surface area contributed by atoms with Gasteiger partial charge in [0.2, 0.25) is 0 Å². The predicted molar refractivity (Wildman–Crippen MR) is 72.4 cm³/mol. The number of hydrogen-bond donors (Lipinski definition) is 0. The first kappa shape index (κ1) is 17.4. The van der Waals surface area contributed by atoms with E-state index in [1.54, 1.807) is 0 Å². The maximum absolute atomic E-state index is 2.33. The molecule has 0 amide bonds. The van der Waals surface area contributed by atoms with Crippen molar-refractivity contribution in [2.24, 2.45) is 5.92 Å². The number of unbranched alkanes of at least 4 members (excludes halogenated alkanes) is 2. The second kappa shape index (κ2) is 14.0. The highest BCUT2D eigenvalue weighted by molar-refractivity contribution is 4.62. The van der Waals surface area contributed by atoms with E-state index in [0.29, 0.717) is 0 Å². The summed E-state index contributed by atoms with van der Waals surface area (Å²) in [5.74, 6) is 0.940. The van der Waals surface area contributed by atoms with Crippen LogP contribution in [0.15, 0.2) is 0 Å². The van der Waals surface area contributed by atoms with E-state index < -0.39 is 0 Å². The molecule has 0 spiro atoms. The molecule has 0 N–H and O–H groups in total. The van der Waals surface area contributed by atoms with Crippen LogP contribution < -0.4 is 0 Å². The Morgan fingerprint density at radius 2 is 1.27 bits per heavy atom. The van der Waals surface area contributed by atoms with Crippen LogP contribution >= 0.6 is 0 Å². The molecule has 0 bridgehead atoms. The Morgan fingerprint density at radius 1 is 0.867 bits per heavy atom. The third-order valence-corrected chi connectivity index (χ3v) is 2.56. The molecule has 0 aromatic heterocycles. The summed E-state index contributed by atoms with van der Waals surface area (Å²) in [6.45, 7) is 9.85. The van der Waals surface area contributed by atoms with Gasteiger partial charge in [-0.15, -0.1) is 0 Å². The van der Waals surface area contributed by atoms with Gasteiger partial charge in [0.25, 0.3) is 0 Å². The van der Waals surface area contributed by atoms with Crippen molar-refractivity contribution in [2.45, 2.75) is 66.2 Å². The topological polar surface area (TPSA) is 3.24 Å². The number of hydrogen-bond acceptors (Lipinski definition) is 1. The van der Waals surface area contributed by atoms with Gasteiger partial charge in [-0.3, -0.25) is 0 Å². The highest BCUT2D eigenvalue weighted by Crippen LogP contribution is 2.16. The van der Waals surface area contributed by atoms with E-state index in [1.165, 1.54) is 45.1 Å². The molecule has 0 saturated heterocycles. The molecule has 0 unspecified atom stereocenters. The maximum Gasteiger partial charge on any atom is 0.000356 e. The molecule has 0 aliphatic heterocycles. The second-order valence-electron chi connectivity index (χ2n) is 4.41. The third-order valence-electron chi connectivity index (χ3n) is 2.56. The highest BCUT2D eigenvalue weighted by Gasteiger charge is 2.08. The summed E-state index contributed by atoms with van der Waals surface area (Å²) in [6.07, 6.45) is 8.35. The first-order valence-electron chi connectivity index (χ1n) is 6.85. The lowest BCUT2D eigenvalue weighted by Crippen LogP contribution is -2.21. The lowest BCUT2D eigenvalue weighted by Gasteiger charge is -2.20. The smallest absolute Gasteiger partial charge is 0.000356 e. The molecule has 1 nitrogen and oxygen atoms in total. The van der Waals surface area contributed by atoms with Gasteiger partial charge in [-0.05, 0) is 32.9 Å². The number of rotatable bonds is 8. The molecule has 0 saturated carbocycles. The van der Waals surface area contributed by atoms with E-state index in [4.69, 9.17) is 0 Å². The Morgan fingerprint density at radius 3 is 1.53 bits per heavy atom. The summed E-state index contributed by atoms with van der Waals surface area (Å²) >= 11 is 0. The van der Waals surface area contributed by atoms with Crippen molar-refractivity contribution >= 4 is 0 Å². The number of nitrogens with zero attached hydrogens (tertiary/aromatic N) is 1. The third kappa shape index (κ3) is 14.0. The monoisotopic (exact) mass is 215 g/mol. The standard InChI is InChI=1S/C12H27N.C2H6/c1-5-7-9-12(10-8-6-2)11-13(3)4;1-2/h12H,5-11H2,1-4H3;1-2H3. The molecule has 0 aromatic rings. The summed E-state index contributed by atoms with van der Waals surface area (Å²) in [7, 11) is 4.37. The zero-order valence-electron chi connectivity index (χ0n) is 12.0. The molecule has 0 atom stereocenters. The van der Waals surface area contributed by atoms with Gasteiger partial charge < -0.3 is 4.90 Å². The SMILES string of the molecule is CC.CCCCC(CCCC)CN(C)C. The van der Waals surface area contributed by atoms with Gasteiger partial charge in [-0.25, -0.2) is 0 Å². The van der Waals surface area contributed by atoms with Crippen LogP contribution in [-0.4, -0.2) is 25.5 Å². The van der Waals surface area contributed by atoms with Gasteiger partial charge in [0, 0.05) is 6.54 Å². The Bertz CT molecular complexity index is 91.5. The molecule has 0 radical (unpaired) electrons. The first-order valence-corrected chi connectivity index (χ1v) is 6.85. The van der Waals surface area contributed by atoms with Gasteiger partial charge in [0.05, 0.1) is 0 Å². The minimum atomic E-state index is 0.940. The van der Waals surface area contributed by atoms with Crippen LogP contribution in [0.1, 0.15) is 66.2 Å². The van der Waals surface area contributed by atoms with Crippen LogP contribution in [0.25, 0.3) is 0 Å². The molecule has 0 aliphatic rings. The largest absolute Gasteiger partial charge is 0.309 e. The molecule has 15 heavy (non-hydrogen) atoms. The van der Waals surface area contributed by atoms with Crippen LogP contribution in [0.4, 0.5) is 0 Å².